The summed E-state index contributed by atoms with van der Waals surface area (Å²) in [4.78, 5) is 0. The van der Waals surface area contributed by atoms with Crippen LogP contribution in [-0.4, -0.2) is 4.57 Å². The smallest absolute Gasteiger partial charge is 0.227 e. The molecule has 1 aromatic heterocycles. The predicted molar refractivity (Wildman–Crippen MR) is 140 cm³/mol. The van der Waals surface area contributed by atoms with E-state index in [1.807, 2.05) is 0 Å². The Hall–Kier alpha value is -3.91. The van der Waals surface area contributed by atoms with Gasteiger partial charge in [0.2, 0.25) is 0 Å². The van der Waals surface area contributed by atoms with Gasteiger partial charge < -0.3 is 0 Å². The molecule has 2 nitrogen and oxygen atoms in total. The van der Waals surface area contributed by atoms with Crippen LogP contribution in [0.5, 0.6) is 0 Å². The monoisotopic (exact) mass is 441 g/mol. The Bertz CT molecular complexity index is 1390. The van der Waals surface area contributed by atoms with Crippen LogP contribution in [0.3, 0.4) is 0 Å². The van der Waals surface area contributed by atoms with E-state index in [1.54, 1.807) is 0 Å². The highest BCUT2D eigenvalue weighted by atomic mass is 15.2. The highest BCUT2D eigenvalue weighted by Gasteiger charge is 2.42. The standard InChI is InChI=1S/C32H29N2/c1-23-12-9-10-17-27(23)32-33(30-22-24(30)2)20-21-34(32)31-28(25-13-5-3-6-14-25)18-11-19-29(31)26-15-7-4-8-16-26/h3-21,24,30H,22H2,1-2H3/q+1/t24-,30?/m0/s1. The first-order valence-corrected chi connectivity index (χ1v) is 12.1. The number of benzene rings is 4. The lowest BCUT2D eigenvalue weighted by atomic mass is 9.95. The van der Waals surface area contributed by atoms with Gasteiger partial charge in [-0.25, -0.2) is 4.57 Å². The van der Waals surface area contributed by atoms with Gasteiger partial charge in [-0.2, -0.15) is 4.57 Å². The zero-order chi connectivity index (χ0) is 23.1. The highest BCUT2D eigenvalue weighted by Crippen LogP contribution is 2.42. The molecule has 4 aromatic carbocycles. The van der Waals surface area contributed by atoms with Crippen LogP contribution < -0.4 is 4.57 Å². The van der Waals surface area contributed by atoms with Crippen molar-refractivity contribution in [3.8, 4) is 39.3 Å². The van der Waals surface area contributed by atoms with Crippen molar-refractivity contribution in [1.82, 2.24) is 4.57 Å². The summed E-state index contributed by atoms with van der Waals surface area (Å²) in [6.07, 6.45) is 5.78. The molecule has 0 aliphatic heterocycles. The molecule has 1 fully saturated rings. The van der Waals surface area contributed by atoms with Crippen molar-refractivity contribution in [2.75, 3.05) is 0 Å². The van der Waals surface area contributed by atoms with Crippen molar-refractivity contribution in [2.45, 2.75) is 26.3 Å². The maximum absolute atomic E-state index is 2.50. The Kier molecular flexibility index (Phi) is 5.15. The fraction of sp³-hybridized carbons (Fsp3) is 0.156. The number of hydrogen-bond donors (Lipinski definition) is 0. The lowest BCUT2D eigenvalue weighted by Crippen LogP contribution is -2.34. The molecular weight excluding hydrogens is 412 g/mol. The summed E-state index contributed by atoms with van der Waals surface area (Å²) < 4.78 is 4.93. The van der Waals surface area contributed by atoms with Crippen LogP contribution in [0.15, 0.2) is 116 Å². The molecule has 166 valence electrons. The number of rotatable bonds is 5. The Morgan fingerprint density at radius 1 is 0.676 bits per heavy atom. The summed E-state index contributed by atoms with van der Waals surface area (Å²) in [6, 6.07) is 37.5. The maximum Gasteiger partial charge on any atom is 0.294 e. The third-order valence-corrected chi connectivity index (χ3v) is 7.11. The summed E-state index contributed by atoms with van der Waals surface area (Å²) in [5.74, 6) is 1.97. The summed E-state index contributed by atoms with van der Waals surface area (Å²) in [7, 11) is 0. The molecule has 2 atom stereocenters. The number of aryl methyl sites for hydroxylation is 1. The van der Waals surface area contributed by atoms with Gasteiger partial charge in [-0.15, -0.1) is 0 Å². The summed E-state index contributed by atoms with van der Waals surface area (Å²) in [6.45, 7) is 4.57. The minimum atomic E-state index is 0.555. The van der Waals surface area contributed by atoms with Crippen molar-refractivity contribution in [1.29, 1.82) is 0 Å². The maximum atomic E-state index is 2.50. The van der Waals surface area contributed by atoms with Crippen LogP contribution in [0.2, 0.25) is 0 Å². The Morgan fingerprint density at radius 3 is 1.76 bits per heavy atom. The van der Waals surface area contributed by atoms with Gasteiger partial charge in [0.05, 0.1) is 5.56 Å². The molecule has 6 rings (SSSR count). The second kappa shape index (κ2) is 8.46. The second-order valence-electron chi connectivity index (χ2n) is 9.43. The van der Waals surface area contributed by atoms with Gasteiger partial charge in [-0.3, -0.25) is 0 Å². The van der Waals surface area contributed by atoms with Crippen LogP contribution >= 0.6 is 0 Å². The normalized spacial score (nSPS) is 17.0. The first-order valence-electron chi connectivity index (χ1n) is 12.1. The van der Waals surface area contributed by atoms with E-state index >= 15 is 0 Å². The number of aromatic nitrogens is 2. The average Bonchev–Trinajstić information content (AvgIpc) is 3.46. The van der Waals surface area contributed by atoms with E-state index < -0.39 is 0 Å². The molecule has 1 unspecified atom stereocenters. The average molecular weight is 442 g/mol. The van der Waals surface area contributed by atoms with Crippen molar-refractivity contribution in [3.05, 3.63) is 121 Å². The Morgan fingerprint density at radius 2 is 1.21 bits per heavy atom. The fourth-order valence-electron chi connectivity index (χ4n) is 5.14. The van der Waals surface area contributed by atoms with Gasteiger partial charge in [0.15, 0.2) is 0 Å². The molecule has 5 aromatic rings. The van der Waals surface area contributed by atoms with E-state index in [0.717, 1.165) is 0 Å². The number of hydrogen-bond acceptors (Lipinski definition) is 0. The lowest BCUT2D eigenvalue weighted by Gasteiger charge is -2.15. The number of para-hydroxylation sites is 1. The van der Waals surface area contributed by atoms with Crippen LogP contribution in [0.1, 0.15) is 24.9 Å². The SMILES string of the molecule is Cc1ccccc1-c1n(-c2c(-c3ccccc3)cccc2-c2ccccc2)cc[n+]1C1C[C@@H]1C. The van der Waals surface area contributed by atoms with E-state index in [-0.39, 0.29) is 0 Å². The summed E-state index contributed by atoms with van der Waals surface area (Å²) in [5.41, 5.74) is 8.74. The Balaban J connectivity index is 1.69. The molecule has 0 amide bonds. The van der Waals surface area contributed by atoms with Crippen molar-refractivity contribution >= 4 is 0 Å². The van der Waals surface area contributed by atoms with Crippen LogP contribution in [0.4, 0.5) is 0 Å². The third-order valence-electron chi connectivity index (χ3n) is 7.11. The molecule has 0 N–H and O–H groups in total. The van der Waals surface area contributed by atoms with E-state index in [0.29, 0.717) is 12.0 Å². The summed E-state index contributed by atoms with van der Waals surface area (Å²) in [5, 5.41) is 0. The molecule has 1 aliphatic carbocycles. The number of imidazole rings is 1. The van der Waals surface area contributed by atoms with Gasteiger partial charge >= 0.3 is 0 Å². The zero-order valence-electron chi connectivity index (χ0n) is 19.7. The molecule has 0 radical (unpaired) electrons. The number of nitrogens with zero attached hydrogens (tertiary/aromatic N) is 2. The molecular formula is C32H29N2+. The zero-order valence-corrected chi connectivity index (χ0v) is 19.7. The van der Waals surface area contributed by atoms with Crippen molar-refractivity contribution in [3.63, 3.8) is 0 Å². The lowest BCUT2D eigenvalue weighted by molar-refractivity contribution is -0.691. The van der Waals surface area contributed by atoms with Gasteiger partial charge in [0.1, 0.15) is 24.1 Å². The Labute approximate surface area is 201 Å². The molecule has 0 saturated heterocycles. The van der Waals surface area contributed by atoms with Crippen LogP contribution in [0.25, 0.3) is 39.3 Å². The minimum absolute atomic E-state index is 0.555. The molecule has 0 bridgehead atoms. The molecule has 1 saturated carbocycles. The van der Waals surface area contributed by atoms with Crippen molar-refractivity contribution < 1.29 is 4.57 Å². The van der Waals surface area contributed by atoms with Gasteiger partial charge in [-0.05, 0) is 36.1 Å². The first-order chi connectivity index (χ1) is 16.7. The van der Waals surface area contributed by atoms with Crippen LogP contribution in [0, 0.1) is 12.8 Å². The third kappa shape index (κ3) is 3.56. The van der Waals surface area contributed by atoms with Crippen molar-refractivity contribution in [2.24, 2.45) is 5.92 Å². The van der Waals surface area contributed by atoms with E-state index in [2.05, 4.69) is 139 Å². The van der Waals surface area contributed by atoms with Gasteiger partial charge in [-0.1, -0.05) is 104 Å². The topological polar surface area (TPSA) is 8.81 Å². The minimum Gasteiger partial charge on any atom is -0.227 e. The highest BCUT2D eigenvalue weighted by molar-refractivity contribution is 5.86. The van der Waals surface area contributed by atoms with E-state index in [9.17, 15) is 0 Å². The fourth-order valence-corrected chi connectivity index (χ4v) is 5.14. The predicted octanol–water partition coefficient (Wildman–Crippen LogP) is 7.66. The van der Waals surface area contributed by atoms with Gasteiger partial charge in [0.25, 0.3) is 5.82 Å². The molecule has 2 heteroatoms. The summed E-state index contributed by atoms with van der Waals surface area (Å²) >= 11 is 0. The largest absolute Gasteiger partial charge is 0.294 e. The van der Waals surface area contributed by atoms with Gasteiger partial charge in [0, 0.05) is 17.0 Å². The second-order valence-corrected chi connectivity index (χ2v) is 9.43. The van der Waals surface area contributed by atoms with Crippen LogP contribution in [-0.2, 0) is 0 Å². The quantitative estimate of drug-likeness (QED) is 0.248. The van der Waals surface area contributed by atoms with E-state index in [4.69, 9.17) is 0 Å². The molecule has 1 heterocycles. The van der Waals surface area contributed by atoms with E-state index in [1.165, 1.54) is 51.3 Å². The molecule has 0 spiro atoms. The first kappa shape index (κ1) is 20.7. The molecule has 1 aliphatic rings. The molecule has 34 heavy (non-hydrogen) atoms.